The van der Waals surface area contributed by atoms with Crippen LogP contribution in [0, 0.1) is 0 Å². The Balaban J connectivity index is 1.34. The highest BCUT2D eigenvalue weighted by Crippen LogP contribution is 2.27. The predicted octanol–water partition coefficient (Wildman–Crippen LogP) is 4.95. The number of carbonyl (C=O) groups is 1. The van der Waals surface area contributed by atoms with Gasteiger partial charge in [0.05, 0.1) is 12.2 Å². The minimum absolute atomic E-state index is 0.190. The Bertz CT molecular complexity index is 1050. The molecule has 2 aromatic carbocycles. The summed E-state index contributed by atoms with van der Waals surface area (Å²) < 4.78 is 7.43. The molecule has 1 aliphatic heterocycles. The zero-order valence-corrected chi connectivity index (χ0v) is 19.4. The molecule has 1 unspecified atom stereocenters. The van der Waals surface area contributed by atoms with E-state index in [1.807, 2.05) is 47.1 Å². The van der Waals surface area contributed by atoms with Crippen molar-refractivity contribution in [3.8, 4) is 0 Å². The molecule has 1 aliphatic rings. The first kappa shape index (κ1) is 23.0. The smallest absolute Gasteiger partial charge is 0.259 e. The standard InChI is InChI=1S/C27H32N4O2/c1-21(19-22-9-5-3-6-10-22)20-30-17-14-24(15-18-30)31-25(13-16-28-31)29-27(32)26(33-2)23-11-7-4-8-12-23/h3-13,16,19,24,26H,14-15,17-18,20H2,1-2H3,(H,29,32)/b21-19+. The normalized spacial score (nSPS) is 16.5. The van der Waals surface area contributed by atoms with Crippen LogP contribution in [0.3, 0.4) is 0 Å². The van der Waals surface area contributed by atoms with Crippen molar-refractivity contribution in [1.82, 2.24) is 14.7 Å². The third kappa shape index (κ3) is 5.97. The summed E-state index contributed by atoms with van der Waals surface area (Å²) in [6.07, 6.45) is 5.34. The molecule has 2 heterocycles. The lowest BCUT2D eigenvalue weighted by atomic mass is 10.0. The number of likely N-dealkylation sites (tertiary alicyclic amines) is 1. The van der Waals surface area contributed by atoms with Gasteiger partial charge in [0.15, 0.2) is 6.10 Å². The maximum absolute atomic E-state index is 12.9. The van der Waals surface area contributed by atoms with E-state index < -0.39 is 6.10 Å². The number of carbonyl (C=O) groups excluding carboxylic acids is 1. The molecule has 1 aromatic heterocycles. The van der Waals surface area contributed by atoms with E-state index in [4.69, 9.17) is 4.74 Å². The van der Waals surface area contributed by atoms with Crippen LogP contribution in [-0.4, -0.2) is 47.3 Å². The molecule has 1 fully saturated rings. The van der Waals surface area contributed by atoms with Gasteiger partial charge in [-0.1, -0.05) is 72.3 Å². The van der Waals surface area contributed by atoms with E-state index in [2.05, 4.69) is 52.6 Å². The molecule has 1 N–H and O–H groups in total. The van der Waals surface area contributed by atoms with Crippen LogP contribution in [0.4, 0.5) is 5.82 Å². The van der Waals surface area contributed by atoms with Crippen LogP contribution in [0.1, 0.15) is 43.0 Å². The van der Waals surface area contributed by atoms with Crippen molar-refractivity contribution in [2.24, 2.45) is 0 Å². The predicted molar refractivity (Wildman–Crippen MR) is 132 cm³/mol. The molecule has 0 saturated carbocycles. The van der Waals surface area contributed by atoms with Gasteiger partial charge >= 0.3 is 0 Å². The molecule has 1 amide bonds. The lowest BCUT2D eigenvalue weighted by molar-refractivity contribution is -0.126. The number of rotatable bonds is 8. The Hall–Kier alpha value is -3.22. The first-order valence-electron chi connectivity index (χ1n) is 11.5. The fourth-order valence-electron chi connectivity index (χ4n) is 4.47. The first-order chi connectivity index (χ1) is 16.1. The van der Waals surface area contributed by atoms with Gasteiger partial charge in [-0.2, -0.15) is 5.10 Å². The number of methoxy groups -OCH3 is 1. The van der Waals surface area contributed by atoms with Crippen molar-refractivity contribution in [3.05, 3.63) is 89.6 Å². The van der Waals surface area contributed by atoms with Gasteiger partial charge in [0.1, 0.15) is 5.82 Å². The summed E-state index contributed by atoms with van der Waals surface area (Å²) in [4.78, 5) is 15.4. The second kappa shape index (κ2) is 11.1. The van der Waals surface area contributed by atoms with Crippen LogP contribution < -0.4 is 5.32 Å². The molecular weight excluding hydrogens is 412 g/mol. The number of ether oxygens (including phenoxy) is 1. The minimum Gasteiger partial charge on any atom is -0.367 e. The molecule has 0 aliphatic carbocycles. The summed E-state index contributed by atoms with van der Waals surface area (Å²) in [7, 11) is 1.55. The van der Waals surface area contributed by atoms with E-state index in [0.29, 0.717) is 0 Å². The fraction of sp³-hybridized carbons (Fsp3) is 0.333. The first-order valence-corrected chi connectivity index (χ1v) is 11.5. The lowest BCUT2D eigenvalue weighted by Crippen LogP contribution is -2.36. The maximum atomic E-state index is 12.9. The molecule has 4 rings (SSSR count). The summed E-state index contributed by atoms with van der Waals surface area (Å²) in [5, 5.41) is 7.55. The van der Waals surface area contributed by atoms with Crippen molar-refractivity contribution in [2.45, 2.75) is 31.9 Å². The molecule has 33 heavy (non-hydrogen) atoms. The van der Waals surface area contributed by atoms with Crippen molar-refractivity contribution in [3.63, 3.8) is 0 Å². The van der Waals surface area contributed by atoms with E-state index in [1.165, 1.54) is 11.1 Å². The molecule has 0 spiro atoms. The monoisotopic (exact) mass is 444 g/mol. The topological polar surface area (TPSA) is 59.4 Å². The molecule has 6 heteroatoms. The number of piperidine rings is 1. The van der Waals surface area contributed by atoms with Gasteiger partial charge in [0.2, 0.25) is 0 Å². The molecule has 1 atom stereocenters. The fourth-order valence-corrected chi connectivity index (χ4v) is 4.47. The highest BCUT2D eigenvalue weighted by molar-refractivity contribution is 5.94. The Labute approximate surface area is 195 Å². The Morgan fingerprint density at radius 3 is 2.42 bits per heavy atom. The van der Waals surface area contributed by atoms with Crippen LogP contribution in [0.25, 0.3) is 6.08 Å². The molecule has 0 radical (unpaired) electrons. The quantitative estimate of drug-likeness (QED) is 0.534. The molecule has 3 aromatic rings. The molecule has 172 valence electrons. The minimum atomic E-state index is -0.657. The van der Waals surface area contributed by atoms with Gasteiger partial charge < -0.3 is 10.1 Å². The van der Waals surface area contributed by atoms with Gasteiger partial charge in [0.25, 0.3) is 5.91 Å². The summed E-state index contributed by atoms with van der Waals surface area (Å²) in [5.74, 6) is 0.529. The van der Waals surface area contributed by atoms with Crippen molar-refractivity contribution in [2.75, 3.05) is 32.1 Å². The lowest BCUT2D eigenvalue weighted by Gasteiger charge is -2.33. The Morgan fingerprint density at radius 2 is 1.76 bits per heavy atom. The van der Waals surface area contributed by atoms with Gasteiger partial charge in [-0.15, -0.1) is 0 Å². The number of nitrogens with one attached hydrogen (secondary N) is 1. The van der Waals surface area contributed by atoms with Crippen molar-refractivity contribution < 1.29 is 9.53 Å². The average Bonchev–Trinajstić information content (AvgIpc) is 3.29. The number of nitrogens with zero attached hydrogens (tertiary/aromatic N) is 3. The third-order valence-electron chi connectivity index (χ3n) is 6.09. The molecular formula is C27H32N4O2. The maximum Gasteiger partial charge on any atom is 0.259 e. The van der Waals surface area contributed by atoms with Crippen LogP contribution in [0.5, 0.6) is 0 Å². The van der Waals surface area contributed by atoms with Crippen LogP contribution in [-0.2, 0) is 9.53 Å². The summed E-state index contributed by atoms with van der Waals surface area (Å²) in [5.41, 5.74) is 3.43. The molecule has 6 nitrogen and oxygen atoms in total. The zero-order chi connectivity index (χ0) is 23.0. The van der Waals surface area contributed by atoms with Crippen molar-refractivity contribution in [1.29, 1.82) is 0 Å². The number of anilines is 1. The van der Waals surface area contributed by atoms with E-state index >= 15 is 0 Å². The van der Waals surface area contributed by atoms with Crippen molar-refractivity contribution >= 4 is 17.8 Å². The third-order valence-corrected chi connectivity index (χ3v) is 6.09. The number of hydrogen-bond donors (Lipinski definition) is 1. The number of amides is 1. The van der Waals surface area contributed by atoms with Crippen LogP contribution >= 0.6 is 0 Å². The van der Waals surface area contributed by atoms with Gasteiger partial charge in [-0.25, -0.2) is 4.68 Å². The van der Waals surface area contributed by atoms with Gasteiger partial charge in [0, 0.05) is 32.8 Å². The van der Waals surface area contributed by atoms with Gasteiger partial charge in [-0.05, 0) is 30.9 Å². The van der Waals surface area contributed by atoms with E-state index in [0.717, 1.165) is 43.9 Å². The van der Waals surface area contributed by atoms with Gasteiger partial charge in [-0.3, -0.25) is 9.69 Å². The number of benzene rings is 2. The molecule has 1 saturated heterocycles. The number of hydrogen-bond acceptors (Lipinski definition) is 4. The Kier molecular flexibility index (Phi) is 7.70. The second-order valence-corrected chi connectivity index (χ2v) is 8.59. The SMILES string of the molecule is COC(C(=O)Nc1ccnn1C1CCN(C/C(C)=C/c2ccccc2)CC1)c1ccccc1. The second-order valence-electron chi connectivity index (χ2n) is 8.59. The van der Waals surface area contributed by atoms with E-state index in [1.54, 1.807) is 13.3 Å². The Morgan fingerprint density at radius 1 is 1.09 bits per heavy atom. The summed E-state index contributed by atoms with van der Waals surface area (Å²) >= 11 is 0. The highest BCUT2D eigenvalue weighted by Gasteiger charge is 2.25. The van der Waals surface area contributed by atoms with E-state index in [-0.39, 0.29) is 11.9 Å². The zero-order valence-electron chi connectivity index (χ0n) is 19.4. The summed E-state index contributed by atoms with van der Waals surface area (Å²) in [6.45, 7) is 5.17. The largest absolute Gasteiger partial charge is 0.367 e. The molecule has 0 bridgehead atoms. The van der Waals surface area contributed by atoms with Crippen LogP contribution in [0.2, 0.25) is 0 Å². The summed E-state index contributed by atoms with van der Waals surface area (Å²) in [6, 6.07) is 22.1. The average molecular weight is 445 g/mol. The van der Waals surface area contributed by atoms with Crippen LogP contribution in [0.15, 0.2) is 78.5 Å². The highest BCUT2D eigenvalue weighted by atomic mass is 16.5. The van der Waals surface area contributed by atoms with E-state index in [9.17, 15) is 4.79 Å². The number of aromatic nitrogens is 2.